The first-order chi connectivity index (χ1) is 71.7. The number of halogens is 6. The molecule has 0 unspecified atom stereocenters. The van der Waals surface area contributed by atoms with Gasteiger partial charge in [0.05, 0.1) is 82.0 Å². The maximum atomic E-state index is 15.7. The Morgan fingerprint density at radius 1 is 0.389 bits per heavy atom. The maximum absolute atomic E-state index is 15.7. The van der Waals surface area contributed by atoms with E-state index in [1.165, 1.54) is 77.4 Å². The molecule has 9 aromatic heterocycles. The number of aromatic nitrogens is 13. The van der Waals surface area contributed by atoms with Gasteiger partial charge in [0.25, 0.3) is 0 Å². The minimum absolute atomic E-state index is 0.00649. The number of H-pyrrole nitrogens is 1. The molecule has 13 heterocycles. The van der Waals surface area contributed by atoms with Gasteiger partial charge in [-0.25, -0.2) is 66.0 Å². The lowest BCUT2D eigenvalue weighted by Gasteiger charge is -2.40. The van der Waals surface area contributed by atoms with Crippen molar-refractivity contribution in [3.63, 3.8) is 0 Å². The first-order valence-electron chi connectivity index (χ1n) is 49.2. The Morgan fingerprint density at radius 3 is 1.18 bits per heavy atom. The first-order valence-corrected chi connectivity index (χ1v) is 50.3. The summed E-state index contributed by atoms with van der Waals surface area (Å²) in [5.74, 6) is -1.28. The van der Waals surface area contributed by atoms with E-state index < -0.39 is 40.2 Å². The summed E-state index contributed by atoms with van der Waals surface area (Å²) >= 11 is 20.1. The van der Waals surface area contributed by atoms with Crippen molar-refractivity contribution in [1.82, 2.24) is 83.1 Å². The second kappa shape index (κ2) is 45.5. The van der Waals surface area contributed by atoms with Crippen molar-refractivity contribution in [1.29, 1.82) is 0 Å². The van der Waals surface area contributed by atoms with Crippen LogP contribution in [0, 0.1) is 24.4 Å². The molecule has 0 aliphatic carbocycles. The van der Waals surface area contributed by atoms with Crippen molar-refractivity contribution in [3.8, 4) is 73.6 Å². The minimum Gasteiger partial charge on any atom is -0.507 e. The summed E-state index contributed by atoms with van der Waals surface area (Å²) in [6.45, 7) is 39.6. The molecule has 4 aliphatic rings. The molecular weight excluding hydrogens is 1960 g/mol. The predicted molar refractivity (Wildman–Crippen MR) is 579 cm³/mol. The predicted octanol–water partition coefficient (Wildman–Crippen LogP) is 17.5. The molecule has 766 valence electrons. The van der Waals surface area contributed by atoms with Crippen LogP contribution in [0.25, 0.3) is 106 Å². The van der Waals surface area contributed by atoms with Crippen LogP contribution < -0.4 is 42.4 Å². The zero-order valence-electron chi connectivity index (χ0n) is 84.0. The fourth-order valence-corrected chi connectivity index (χ4v) is 20.6. The molecule has 6 aromatic carbocycles. The third-order valence-electron chi connectivity index (χ3n) is 27.3. The molecule has 4 amide bonds. The van der Waals surface area contributed by atoms with E-state index in [1.807, 2.05) is 129 Å². The van der Waals surface area contributed by atoms with Crippen molar-refractivity contribution >= 4 is 126 Å². The van der Waals surface area contributed by atoms with E-state index in [0.717, 1.165) is 70.4 Å². The number of nitrogens with one attached hydrogen (secondary N) is 1. The molecule has 4 fully saturated rings. The highest BCUT2D eigenvalue weighted by Crippen LogP contribution is 2.44. The van der Waals surface area contributed by atoms with E-state index in [9.17, 15) is 57.4 Å². The average Bonchev–Trinajstić information content (AvgIpc) is 0.734. The molecule has 0 radical (unpaired) electrons. The van der Waals surface area contributed by atoms with Gasteiger partial charge in [-0.2, -0.15) is 19.9 Å². The zero-order chi connectivity index (χ0) is 106. The van der Waals surface area contributed by atoms with Crippen LogP contribution in [0.1, 0.15) is 95.8 Å². The van der Waals surface area contributed by atoms with Gasteiger partial charge in [0.15, 0.2) is 16.9 Å². The molecule has 0 bridgehead atoms. The van der Waals surface area contributed by atoms with E-state index in [2.05, 4.69) is 98.8 Å². The monoisotopic (exact) mass is 2070 g/mol. The van der Waals surface area contributed by atoms with Crippen molar-refractivity contribution in [3.05, 3.63) is 329 Å². The van der Waals surface area contributed by atoms with Gasteiger partial charge in [-0.3, -0.25) is 29.1 Å². The largest absolute Gasteiger partial charge is 0.507 e. The third-order valence-corrected chi connectivity index (χ3v) is 28.2. The molecule has 4 saturated heterocycles. The summed E-state index contributed by atoms with van der Waals surface area (Å²) in [5.41, 5.74) is 8.74. The Morgan fingerprint density at radius 2 is 0.758 bits per heavy atom. The van der Waals surface area contributed by atoms with Gasteiger partial charge in [-0.05, 0) is 186 Å². The highest BCUT2D eigenvalue weighted by molar-refractivity contribution is 6.35. The number of hydrogen-bond donors (Lipinski definition) is 3. The SMILES string of the molecule is C=CC(=O)N1CCN(c2nc(=O)[nH]c3nc(-c4c(O)cccc4F)c(Cl)cc23)[C@@H](C)C1.C=CC(=O)N1CCN(c2nc(=O)n(-c3c(C)ccnc3CC)c3nc(-c4ccccc4F)c(F)cc23)[C@@H](C)C1.C=CC(=O)N1CCN(c2nc(=O)n(-c3c(CC)cccc3CC)c3nc(-c4ccccc4)c(Cl)cc23)[C@@H](C)C1.C=CC(=O)N1CCN(c2nc(=O)n(-c3c(CC)cccc3CC)c3nc(-c4ccccc4O)c(Cl)cc23)[C@@H](C)C1. The number of aromatic hydroxyl groups is 2. The van der Waals surface area contributed by atoms with Crippen LogP contribution in [-0.2, 0) is 51.3 Å². The van der Waals surface area contributed by atoms with Gasteiger partial charge in [0.1, 0.15) is 63.6 Å². The quantitative estimate of drug-likeness (QED) is 0.0597. The summed E-state index contributed by atoms with van der Waals surface area (Å²) in [5, 5.41) is 23.7. The average molecular weight is 2070 g/mol. The molecule has 0 spiro atoms. The van der Waals surface area contributed by atoms with Crippen molar-refractivity contribution in [2.45, 2.75) is 126 Å². The maximum Gasteiger partial charge on any atom is 0.355 e. The van der Waals surface area contributed by atoms with Gasteiger partial charge >= 0.3 is 22.8 Å². The number of fused-ring (bicyclic) bond motifs is 4. The first kappa shape index (κ1) is 106. The number of aryl methyl sites for hydroxylation is 6. The number of hydrogen-bond acceptors (Lipinski definition) is 23. The van der Waals surface area contributed by atoms with Crippen LogP contribution in [0.5, 0.6) is 11.5 Å². The van der Waals surface area contributed by atoms with E-state index in [4.69, 9.17) is 44.8 Å². The molecule has 19 rings (SSSR count). The van der Waals surface area contributed by atoms with Crippen LogP contribution in [0.15, 0.2) is 240 Å². The summed E-state index contributed by atoms with van der Waals surface area (Å²) in [4.78, 5) is 161. The van der Waals surface area contributed by atoms with E-state index >= 15 is 4.39 Å². The number of anilines is 4. The van der Waals surface area contributed by atoms with Gasteiger partial charge < -0.3 is 49.4 Å². The Kier molecular flexibility index (Phi) is 32.3. The van der Waals surface area contributed by atoms with Crippen molar-refractivity contribution in [2.75, 3.05) is 98.1 Å². The zero-order valence-corrected chi connectivity index (χ0v) is 86.3. The second-order valence-electron chi connectivity index (χ2n) is 36.5. The fourth-order valence-electron chi connectivity index (χ4n) is 19.8. The summed E-state index contributed by atoms with van der Waals surface area (Å²) in [6, 6.07) is 46.1. The van der Waals surface area contributed by atoms with Gasteiger partial charge in [0.2, 0.25) is 23.6 Å². The molecule has 3 N–H and O–H groups in total. The van der Waals surface area contributed by atoms with Crippen LogP contribution in [0.3, 0.4) is 0 Å². The molecule has 31 nitrogen and oxygen atoms in total. The summed E-state index contributed by atoms with van der Waals surface area (Å²) < 4.78 is 49.3. The fraction of sp³-hybridized carbons (Fsp3) is 0.277. The standard InChI is InChI=1S/C31H32ClN5O3.C31H32ClN5O2.C29H28F2N6O2.C21H19ClFN5O3/c1-5-20-11-10-12-21(6-2)28(20)37-30-23(17-24(32)27(33-30)22-13-8-9-14-25(22)38)29(34-31(37)40)36-16-15-35(18-19(36)4)26(39)7-3;1-5-21-14-11-15-22(6-2)28(21)37-30-24(18-25(32)27(33-30)23-12-9-8-10-13-23)29(34-31(37)39)36-17-16-35(19-20(36)4)26(38)7-3;1-5-23-26(17(3)11-12-32-23)37-28-20(15-22(31)25(33-28)19-9-7-8-10-21(19)30)27(34-29(37)39)36-14-13-35(16-18(36)4)24(38)6-2;1-3-16(30)27-7-8-28(11(2)10-27)20-12-9-13(22)18(24-19(12)25-21(31)26-20)17-14(23)5-4-6-15(17)29/h7-14,17,19,38H,3,5-6,15-16,18H2,1-2,4H3;7-15,18,20H,3,5-6,16-17,19H2,1-2,4H3;6-12,15,18H,2,5,13-14,16H2,1,3-4H3;3-6,9,11,29H,1,7-8,10H2,2H3,(H,24,25,26,31)/t19-;20-;18-;11-/m0000/s1. The lowest BCUT2D eigenvalue weighted by molar-refractivity contribution is -0.127. The Bertz CT molecular complexity index is 8030. The lowest BCUT2D eigenvalue weighted by Crippen LogP contribution is -2.54. The number of rotatable bonds is 20. The summed E-state index contributed by atoms with van der Waals surface area (Å²) in [7, 11) is 0. The Labute approximate surface area is 872 Å². The second-order valence-corrected chi connectivity index (χ2v) is 37.7. The van der Waals surface area contributed by atoms with Crippen LogP contribution in [-0.4, -0.2) is 220 Å². The normalized spacial score (nSPS) is 15.7. The number of aromatic amines is 1. The van der Waals surface area contributed by atoms with Crippen LogP contribution in [0.4, 0.5) is 36.4 Å². The molecule has 0 saturated carbocycles. The Balaban J connectivity index is 0.000000142. The van der Waals surface area contributed by atoms with Crippen molar-refractivity contribution < 1.29 is 42.6 Å². The van der Waals surface area contributed by atoms with E-state index in [0.29, 0.717) is 174 Å². The highest BCUT2D eigenvalue weighted by atomic mass is 35.5. The molecular formula is C112H111Cl3F3N21O10. The number of pyridine rings is 5. The van der Waals surface area contributed by atoms with Gasteiger partial charge in [-0.15, -0.1) is 0 Å². The number of phenols is 2. The van der Waals surface area contributed by atoms with Crippen LogP contribution in [0.2, 0.25) is 15.1 Å². The van der Waals surface area contributed by atoms with Gasteiger partial charge in [-0.1, -0.05) is 193 Å². The number of nitrogens with zero attached hydrogens (tertiary/aromatic N) is 20. The summed E-state index contributed by atoms with van der Waals surface area (Å²) in [6.07, 6.45) is 10.3. The number of phenolic OH excluding ortho intramolecular Hbond substituents is 2. The lowest BCUT2D eigenvalue weighted by atomic mass is 10.0. The smallest absolute Gasteiger partial charge is 0.355 e. The Hall–Kier alpha value is -16.1. The molecule has 149 heavy (non-hydrogen) atoms. The number of carbonyl (C=O) groups is 4. The third kappa shape index (κ3) is 21.2. The van der Waals surface area contributed by atoms with Gasteiger partial charge in [0, 0.05) is 126 Å². The van der Waals surface area contributed by atoms with Crippen LogP contribution >= 0.6 is 34.8 Å². The van der Waals surface area contributed by atoms with E-state index in [-0.39, 0.29) is 104 Å². The number of amides is 4. The highest BCUT2D eigenvalue weighted by Gasteiger charge is 2.37. The molecule has 4 aliphatic heterocycles. The van der Waals surface area contributed by atoms with E-state index in [1.54, 1.807) is 77.4 Å². The topological polar surface area (TPSA) is 350 Å². The molecule has 15 aromatic rings. The molecule has 37 heteroatoms. The molecule has 4 atom stereocenters. The number of carbonyl (C=O) groups excluding carboxylic acids is 4. The number of benzene rings is 6. The number of para-hydroxylation sites is 3. The minimum atomic E-state index is -0.743. The number of piperazine rings is 4. The van der Waals surface area contributed by atoms with Crippen molar-refractivity contribution in [2.24, 2.45) is 0 Å².